The zero-order chi connectivity index (χ0) is 17.9. The van der Waals surface area contributed by atoms with Crippen LogP contribution in [0.25, 0.3) is 17.1 Å². The van der Waals surface area contributed by atoms with E-state index in [0.29, 0.717) is 23.0 Å². The number of rotatable bonds is 5. The fourth-order valence-corrected chi connectivity index (χ4v) is 2.50. The molecule has 0 bridgehead atoms. The number of tetrazole rings is 1. The van der Waals surface area contributed by atoms with Crippen LogP contribution in [0, 0.1) is 0 Å². The van der Waals surface area contributed by atoms with Crippen LogP contribution in [-0.2, 0) is 13.6 Å². The molecule has 0 spiro atoms. The zero-order valence-corrected chi connectivity index (χ0v) is 13.9. The molecule has 0 fully saturated rings. The molecule has 1 amide bonds. The van der Waals surface area contributed by atoms with E-state index in [1.54, 1.807) is 36.2 Å². The summed E-state index contributed by atoms with van der Waals surface area (Å²) in [7, 11) is 1.71. The highest BCUT2D eigenvalue weighted by Gasteiger charge is 2.19. The molecule has 0 atom stereocenters. The first-order valence-electron chi connectivity index (χ1n) is 7.91. The Morgan fingerprint density at radius 3 is 2.73 bits per heavy atom. The lowest BCUT2D eigenvalue weighted by molar-refractivity contribution is 0.0941. The fraction of sp³-hybridized carbons (Fsp3) is 0.118. The molecule has 0 aliphatic rings. The minimum Gasteiger partial charge on any atom is -0.463 e. The van der Waals surface area contributed by atoms with Crippen molar-refractivity contribution < 1.29 is 9.21 Å². The van der Waals surface area contributed by atoms with Crippen molar-refractivity contribution >= 4 is 5.91 Å². The number of benzene rings is 1. The third-order valence-electron chi connectivity index (χ3n) is 3.83. The average molecular weight is 349 g/mol. The van der Waals surface area contributed by atoms with E-state index < -0.39 is 0 Å². The predicted molar refractivity (Wildman–Crippen MR) is 91.2 cm³/mol. The number of carbonyl (C=O) groups is 1. The van der Waals surface area contributed by atoms with Crippen molar-refractivity contribution in [1.29, 1.82) is 0 Å². The van der Waals surface area contributed by atoms with E-state index in [1.165, 1.54) is 4.68 Å². The molecule has 0 aliphatic carbocycles. The smallest absolute Gasteiger partial charge is 0.270 e. The molecule has 130 valence electrons. The number of carbonyl (C=O) groups excluding carboxylic acids is 1. The second kappa shape index (κ2) is 6.63. The number of hydrogen-bond acceptors (Lipinski definition) is 6. The van der Waals surface area contributed by atoms with Crippen LogP contribution >= 0.6 is 0 Å². The summed E-state index contributed by atoms with van der Waals surface area (Å²) in [6.45, 7) is 0.207. The molecule has 9 heteroatoms. The lowest BCUT2D eigenvalue weighted by Crippen LogP contribution is -2.26. The third-order valence-corrected chi connectivity index (χ3v) is 3.83. The van der Waals surface area contributed by atoms with Crippen LogP contribution in [0.2, 0.25) is 0 Å². The molecule has 1 N–H and O–H groups in total. The van der Waals surface area contributed by atoms with Gasteiger partial charge < -0.3 is 9.73 Å². The highest BCUT2D eigenvalue weighted by Crippen LogP contribution is 2.22. The first-order valence-corrected chi connectivity index (χ1v) is 7.91. The number of furan rings is 1. The topological polar surface area (TPSA) is 104 Å². The lowest BCUT2D eigenvalue weighted by Gasteiger charge is -2.07. The fourth-order valence-electron chi connectivity index (χ4n) is 2.50. The Kier molecular flexibility index (Phi) is 4.02. The minimum atomic E-state index is -0.290. The van der Waals surface area contributed by atoms with Gasteiger partial charge in [0, 0.05) is 13.1 Å². The summed E-state index contributed by atoms with van der Waals surface area (Å²) < 4.78 is 8.49. The SMILES string of the molecule is Cn1nnnc1CNC(=O)c1cc(-c2ccco2)nn1-c1ccccc1. The summed E-state index contributed by atoms with van der Waals surface area (Å²) in [6, 6.07) is 14.7. The van der Waals surface area contributed by atoms with Crippen molar-refractivity contribution in [3.63, 3.8) is 0 Å². The van der Waals surface area contributed by atoms with Crippen molar-refractivity contribution in [3.05, 3.63) is 66.3 Å². The summed E-state index contributed by atoms with van der Waals surface area (Å²) in [4.78, 5) is 12.7. The van der Waals surface area contributed by atoms with Gasteiger partial charge in [0.15, 0.2) is 11.6 Å². The molecule has 0 aliphatic heterocycles. The Hall–Kier alpha value is -3.75. The molecule has 4 rings (SSSR count). The predicted octanol–water partition coefficient (Wildman–Crippen LogP) is 1.59. The molecule has 4 aromatic rings. The van der Waals surface area contributed by atoms with Crippen LogP contribution in [-0.4, -0.2) is 35.9 Å². The molecular weight excluding hydrogens is 334 g/mol. The zero-order valence-electron chi connectivity index (χ0n) is 13.9. The number of hydrogen-bond donors (Lipinski definition) is 1. The molecule has 0 saturated carbocycles. The molecule has 26 heavy (non-hydrogen) atoms. The minimum absolute atomic E-state index is 0.207. The van der Waals surface area contributed by atoms with Crippen LogP contribution in [0.4, 0.5) is 0 Å². The number of nitrogens with zero attached hydrogens (tertiary/aromatic N) is 6. The molecular formula is C17H15N7O2. The molecule has 9 nitrogen and oxygen atoms in total. The van der Waals surface area contributed by atoms with Crippen LogP contribution in [0.1, 0.15) is 16.3 Å². The second-order valence-electron chi connectivity index (χ2n) is 5.54. The summed E-state index contributed by atoms with van der Waals surface area (Å²) in [5.41, 5.74) is 1.73. The monoisotopic (exact) mass is 349 g/mol. The van der Waals surface area contributed by atoms with Crippen molar-refractivity contribution in [1.82, 2.24) is 35.3 Å². The first kappa shape index (κ1) is 15.8. The van der Waals surface area contributed by atoms with E-state index >= 15 is 0 Å². The summed E-state index contributed by atoms with van der Waals surface area (Å²) >= 11 is 0. The summed E-state index contributed by atoms with van der Waals surface area (Å²) in [5.74, 6) is 0.851. The largest absolute Gasteiger partial charge is 0.463 e. The maximum atomic E-state index is 12.7. The Bertz CT molecular complexity index is 1020. The van der Waals surface area contributed by atoms with Gasteiger partial charge in [-0.3, -0.25) is 4.79 Å². The van der Waals surface area contributed by atoms with Crippen molar-refractivity contribution in [3.8, 4) is 17.1 Å². The number of aromatic nitrogens is 6. The van der Waals surface area contributed by atoms with E-state index in [1.807, 2.05) is 30.3 Å². The Morgan fingerprint density at radius 1 is 1.19 bits per heavy atom. The molecule has 3 aromatic heterocycles. The Morgan fingerprint density at radius 2 is 2.04 bits per heavy atom. The normalized spacial score (nSPS) is 10.8. The summed E-state index contributed by atoms with van der Waals surface area (Å²) in [5, 5.41) is 18.5. The van der Waals surface area contributed by atoms with E-state index in [9.17, 15) is 4.79 Å². The number of aryl methyl sites for hydroxylation is 1. The van der Waals surface area contributed by atoms with Gasteiger partial charge in [0.2, 0.25) is 0 Å². The lowest BCUT2D eigenvalue weighted by atomic mass is 10.2. The molecule has 0 unspecified atom stereocenters. The highest BCUT2D eigenvalue weighted by atomic mass is 16.3. The Labute approximate surface area is 148 Å². The molecule has 1 aromatic carbocycles. The second-order valence-corrected chi connectivity index (χ2v) is 5.54. The van der Waals surface area contributed by atoms with Crippen LogP contribution in [0.15, 0.2) is 59.2 Å². The number of para-hydroxylation sites is 1. The maximum absolute atomic E-state index is 12.7. The molecule has 3 heterocycles. The van der Waals surface area contributed by atoms with Crippen molar-refractivity contribution in [2.45, 2.75) is 6.54 Å². The van der Waals surface area contributed by atoms with E-state index in [2.05, 4.69) is 25.9 Å². The van der Waals surface area contributed by atoms with Gasteiger partial charge in [-0.15, -0.1) is 5.10 Å². The van der Waals surface area contributed by atoms with Gasteiger partial charge >= 0.3 is 0 Å². The number of amides is 1. The van der Waals surface area contributed by atoms with E-state index in [0.717, 1.165) is 5.69 Å². The van der Waals surface area contributed by atoms with E-state index in [-0.39, 0.29) is 12.5 Å². The van der Waals surface area contributed by atoms with Crippen molar-refractivity contribution in [2.75, 3.05) is 0 Å². The van der Waals surface area contributed by atoms with Gasteiger partial charge in [-0.05, 0) is 34.7 Å². The maximum Gasteiger partial charge on any atom is 0.270 e. The van der Waals surface area contributed by atoms with Crippen molar-refractivity contribution in [2.24, 2.45) is 7.05 Å². The molecule has 0 saturated heterocycles. The molecule has 0 radical (unpaired) electrons. The van der Waals surface area contributed by atoms with Crippen LogP contribution in [0.3, 0.4) is 0 Å². The average Bonchev–Trinajstić information content (AvgIpc) is 3.41. The van der Waals surface area contributed by atoms with Gasteiger partial charge in [-0.1, -0.05) is 18.2 Å². The van der Waals surface area contributed by atoms with E-state index in [4.69, 9.17) is 4.42 Å². The Balaban J connectivity index is 1.67. The first-order chi connectivity index (χ1) is 12.7. The highest BCUT2D eigenvalue weighted by molar-refractivity contribution is 5.94. The van der Waals surface area contributed by atoms with Gasteiger partial charge in [-0.2, -0.15) is 5.10 Å². The van der Waals surface area contributed by atoms with Gasteiger partial charge in [0.1, 0.15) is 11.4 Å². The van der Waals surface area contributed by atoms with Gasteiger partial charge in [0.25, 0.3) is 5.91 Å². The van der Waals surface area contributed by atoms with Gasteiger partial charge in [-0.25, -0.2) is 9.36 Å². The third kappa shape index (κ3) is 2.97. The quantitative estimate of drug-likeness (QED) is 0.587. The standard InChI is InChI=1S/C17H15N7O2/c1-23-16(19-21-22-23)11-18-17(25)14-10-13(15-8-5-9-26-15)20-24(14)12-6-3-2-4-7-12/h2-10H,11H2,1H3,(H,18,25). The number of nitrogens with one attached hydrogen (secondary N) is 1. The van der Waals surface area contributed by atoms with Gasteiger partial charge in [0.05, 0.1) is 18.5 Å². The van der Waals surface area contributed by atoms with Crippen LogP contribution < -0.4 is 5.32 Å². The van der Waals surface area contributed by atoms with Crippen LogP contribution in [0.5, 0.6) is 0 Å². The summed E-state index contributed by atoms with van der Waals surface area (Å²) in [6.07, 6.45) is 1.57.